The molecule has 90 valence electrons. The largest absolute Gasteiger partial charge is 0.383 e. The van der Waals surface area contributed by atoms with Crippen LogP contribution in [0.15, 0.2) is 28.8 Å². The van der Waals surface area contributed by atoms with E-state index < -0.39 is 0 Å². The molecular weight excluding hydrogens is 252 g/mol. The molecule has 0 aromatic carbocycles. The van der Waals surface area contributed by atoms with Gasteiger partial charge in [0.25, 0.3) is 0 Å². The van der Waals surface area contributed by atoms with E-state index in [2.05, 4.69) is 29.9 Å². The minimum Gasteiger partial charge on any atom is -0.383 e. The summed E-state index contributed by atoms with van der Waals surface area (Å²) in [6.07, 6.45) is 3.01. The quantitative estimate of drug-likeness (QED) is 0.566. The van der Waals surface area contributed by atoms with Gasteiger partial charge in [0, 0.05) is 6.07 Å². The number of fused-ring (bicyclic) bond motifs is 1. The molecule has 0 amide bonds. The monoisotopic (exact) mass is 260 g/mol. The first-order chi connectivity index (χ1) is 8.72. The lowest BCUT2D eigenvalue weighted by molar-refractivity contribution is 1.05. The number of nitrogens with zero attached hydrogens (tertiary/aromatic N) is 5. The Bertz CT molecular complexity index is 688. The van der Waals surface area contributed by atoms with Crippen LogP contribution in [0.4, 0.5) is 11.8 Å². The molecule has 5 N–H and O–H groups in total. The van der Waals surface area contributed by atoms with Crippen molar-refractivity contribution in [3.63, 3.8) is 0 Å². The van der Waals surface area contributed by atoms with Crippen LogP contribution in [0.1, 0.15) is 0 Å². The Hall–Kier alpha value is -2.42. The van der Waals surface area contributed by atoms with Crippen molar-refractivity contribution in [2.24, 2.45) is 0 Å². The van der Waals surface area contributed by atoms with E-state index in [4.69, 9.17) is 11.5 Å². The molecule has 0 spiro atoms. The number of rotatable bonds is 2. The van der Waals surface area contributed by atoms with Gasteiger partial charge in [-0.05, 0) is 11.8 Å². The second-order valence-electron chi connectivity index (χ2n) is 3.37. The predicted molar refractivity (Wildman–Crippen MR) is 66.7 cm³/mol. The van der Waals surface area contributed by atoms with Crippen molar-refractivity contribution >= 4 is 34.7 Å². The highest BCUT2D eigenvalue weighted by atomic mass is 32.2. The lowest BCUT2D eigenvalue weighted by Gasteiger charge is -2.02. The molecular formula is C9H8N8S. The fourth-order valence-electron chi connectivity index (χ4n) is 1.43. The van der Waals surface area contributed by atoms with Crippen molar-refractivity contribution in [2.45, 2.75) is 10.1 Å². The molecule has 18 heavy (non-hydrogen) atoms. The maximum Gasteiger partial charge on any atom is 0.223 e. The molecule has 0 bridgehead atoms. The number of nitrogens with one attached hydrogen (secondary N) is 1. The summed E-state index contributed by atoms with van der Waals surface area (Å²) in [5.74, 6) is 0.451. The van der Waals surface area contributed by atoms with Crippen molar-refractivity contribution in [1.29, 1.82) is 0 Å². The first kappa shape index (κ1) is 10.7. The average Bonchev–Trinajstić information content (AvgIpc) is 2.76. The SMILES string of the molecule is Nc1cc(Sc2ncnc3nc[nH]c23)nc(N)n1. The molecule has 3 heterocycles. The number of aromatic nitrogens is 6. The topological polar surface area (TPSA) is 132 Å². The van der Waals surface area contributed by atoms with Gasteiger partial charge >= 0.3 is 0 Å². The Morgan fingerprint density at radius 3 is 2.83 bits per heavy atom. The van der Waals surface area contributed by atoms with Gasteiger partial charge in [0.05, 0.1) is 6.33 Å². The summed E-state index contributed by atoms with van der Waals surface area (Å²) in [6, 6.07) is 1.63. The summed E-state index contributed by atoms with van der Waals surface area (Å²) < 4.78 is 0. The van der Waals surface area contributed by atoms with Crippen molar-refractivity contribution < 1.29 is 0 Å². The van der Waals surface area contributed by atoms with Crippen LogP contribution >= 0.6 is 11.8 Å². The van der Waals surface area contributed by atoms with Crippen molar-refractivity contribution in [3.05, 3.63) is 18.7 Å². The summed E-state index contributed by atoms with van der Waals surface area (Å²) in [6.45, 7) is 0. The number of imidazole rings is 1. The zero-order valence-electron chi connectivity index (χ0n) is 9.03. The van der Waals surface area contributed by atoms with E-state index in [1.807, 2.05) is 0 Å². The minimum absolute atomic E-state index is 0.132. The zero-order valence-corrected chi connectivity index (χ0v) is 9.85. The van der Waals surface area contributed by atoms with E-state index in [0.717, 1.165) is 5.52 Å². The van der Waals surface area contributed by atoms with Crippen molar-refractivity contribution in [3.8, 4) is 0 Å². The van der Waals surface area contributed by atoms with Gasteiger partial charge in [0.15, 0.2) is 5.65 Å². The number of hydrogen-bond acceptors (Lipinski definition) is 8. The molecule has 0 unspecified atom stereocenters. The third-order valence-corrected chi connectivity index (χ3v) is 3.05. The van der Waals surface area contributed by atoms with Crippen LogP contribution in [0.25, 0.3) is 11.2 Å². The van der Waals surface area contributed by atoms with Crippen LogP contribution in [-0.4, -0.2) is 29.9 Å². The van der Waals surface area contributed by atoms with Gasteiger partial charge in [-0.1, -0.05) is 0 Å². The minimum atomic E-state index is 0.132. The molecule has 0 aliphatic carbocycles. The van der Waals surface area contributed by atoms with Gasteiger partial charge in [-0.25, -0.2) is 19.9 Å². The number of nitrogen functional groups attached to an aromatic ring is 2. The average molecular weight is 260 g/mol. The summed E-state index contributed by atoms with van der Waals surface area (Å²) in [5, 5.41) is 1.32. The van der Waals surface area contributed by atoms with Crippen LogP contribution in [0, 0.1) is 0 Å². The summed E-state index contributed by atoms with van der Waals surface area (Å²) in [4.78, 5) is 23.1. The highest BCUT2D eigenvalue weighted by Gasteiger charge is 2.09. The summed E-state index contributed by atoms with van der Waals surface area (Å²) in [5.41, 5.74) is 12.5. The van der Waals surface area contributed by atoms with E-state index in [1.165, 1.54) is 18.1 Å². The van der Waals surface area contributed by atoms with Gasteiger partial charge in [-0.2, -0.15) is 4.98 Å². The molecule has 0 saturated heterocycles. The van der Waals surface area contributed by atoms with E-state index in [1.54, 1.807) is 12.4 Å². The second-order valence-corrected chi connectivity index (χ2v) is 4.38. The maximum absolute atomic E-state index is 5.61. The molecule has 0 saturated carbocycles. The first-order valence-corrected chi connectivity index (χ1v) is 5.76. The molecule has 8 nitrogen and oxygen atoms in total. The van der Waals surface area contributed by atoms with Crippen LogP contribution in [-0.2, 0) is 0 Å². The second kappa shape index (κ2) is 4.11. The van der Waals surface area contributed by atoms with E-state index in [-0.39, 0.29) is 5.95 Å². The Morgan fingerprint density at radius 1 is 1.11 bits per heavy atom. The molecule has 0 atom stereocenters. The molecule has 3 aromatic rings. The number of nitrogens with two attached hydrogens (primary N) is 2. The van der Waals surface area contributed by atoms with Gasteiger partial charge in [-0.15, -0.1) is 0 Å². The van der Waals surface area contributed by atoms with Crippen molar-refractivity contribution in [2.75, 3.05) is 11.5 Å². The molecule has 0 aliphatic heterocycles. The van der Waals surface area contributed by atoms with Crippen LogP contribution in [0.3, 0.4) is 0 Å². The lowest BCUT2D eigenvalue weighted by atomic mass is 10.6. The maximum atomic E-state index is 5.61. The molecule has 0 fully saturated rings. The predicted octanol–water partition coefficient (Wildman–Crippen LogP) is 0.458. The Balaban J connectivity index is 2.03. The standard InChI is InChI=1S/C9H8N8S/c10-4-1-5(17-9(11)16-4)18-8-6-7(13-2-12-6)14-3-15-8/h1-3H,(H4,10,11,16,17)(H,12,13,14,15). The van der Waals surface area contributed by atoms with Crippen LogP contribution in [0.5, 0.6) is 0 Å². The summed E-state index contributed by atoms with van der Waals surface area (Å²) in [7, 11) is 0. The Labute approximate surface area is 105 Å². The van der Waals surface area contributed by atoms with E-state index >= 15 is 0 Å². The fourth-order valence-corrected chi connectivity index (χ4v) is 2.30. The number of hydrogen-bond donors (Lipinski definition) is 3. The Morgan fingerprint density at radius 2 is 2.00 bits per heavy atom. The lowest BCUT2D eigenvalue weighted by Crippen LogP contribution is -2.00. The molecule has 0 radical (unpaired) electrons. The number of aromatic amines is 1. The summed E-state index contributed by atoms with van der Waals surface area (Å²) >= 11 is 1.32. The normalized spacial score (nSPS) is 10.9. The number of anilines is 2. The molecule has 9 heteroatoms. The molecule has 3 rings (SSSR count). The van der Waals surface area contributed by atoms with Crippen LogP contribution < -0.4 is 11.5 Å². The first-order valence-electron chi connectivity index (χ1n) is 4.94. The zero-order chi connectivity index (χ0) is 12.5. The van der Waals surface area contributed by atoms with Crippen LogP contribution in [0.2, 0.25) is 0 Å². The van der Waals surface area contributed by atoms with E-state index in [0.29, 0.717) is 21.5 Å². The number of H-pyrrole nitrogens is 1. The molecule has 0 aliphatic rings. The van der Waals surface area contributed by atoms with Gasteiger partial charge in [0.1, 0.15) is 27.7 Å². The Kier molecular flexibility index (Phi) is 2.45. The highest BCUT2D eigenvalue weighted by Crippen LogP contribution is 2.29. The third-order valence-electron chi connectivity index (χ3n) is 2.13. The van der Waals surface area contributed by atoms with Crippen molar-refractivity contribution in [1.82, 2.24) is 29.9 Å². The highest BCUT2D eigenvalue weighted by molar-refractivity contribution is 7.99. The smallest absolute Gasteiger partial charge is 0.223 e. The molecule has 3 aromatic heterocycles. The van der Waals surface area contributed by atoms with Gasteiger partial charge < -0.3 is 16.5 Å². The van der Waals surface area contributed by atoms with Gasteiger partial charge in [-0.3, -0.25) is 0 Å². The fraction of sp³-hybridized carbons (Fsp3) is 0. The van der Waals surface area contributed by atoms with Gasteiger partial charge in [0.2, 0.25) is 5.95 Å². The third kappa shape index (κ3) is 1.91. The van der Waals surface area contributed by atoms with E-state index in [9.17, 15) is 0 Å².